The molecule has 110 heavy (non-hydrogen) atoms. The van der Waals surface area contributed by atoms with E-state index in [2.05, 4.69) is 439 Å². The highest BCUT2D eigenvalue weighted by Crippen LogP contribution is 2.54. The van der Waals surface area contributed by atoms with Crippen molar-refractivity contribution in [2.45, 2.75) is 78.6 Å². The van der Waals surface area contributed by atoms with Gasteiger partial charge < -0.3 is 29.2 Å². The summed E-state index contributed by atoms with van der Waals surface area (Å²) in [6, 6.07) is 131. The fourth-order valence-electron chi connectivity index (χ4n) is 17.5. The molecule has 19 rings (SSSR count). The van der Waals surface area contributed by atoms with Crippen LogP contribution < -0.4 is 62.0 Å². The highest BCUT2D eigenvalue weighted by Gasteiger charge is 2.49. The maximum Gasteiger partial charge on any atom is 0.256 e. The van der Waals surface area contributed by atoms with Gasteiger partial charge in [0.05, 0.1) is 28.4 Å². The SMILES string of the molecule is CC(C)(C)c1ccc(-c2ccccc2N(c2ccccc2)c2cc3c4c(c2)N(c2ccccc2-c2ccc(C(C)(C)C)cc2)c2ccccc2B4c2cc4c(cc2O3)N(c2ccccc2-c2ccc(C(C)(C)C)cc2)c2cc(N(c3ccccc3)c3ccccc3)cc3c2B4c2ccccc2N3c2ccccc2)cc1. The lowest BCUT2D eigenvalue weighted by Crippen LogP contribution is -2.64. The summed E-state index contributed by atoms with van der Waals surface area (Å²) in [5, 5.41) is 0. The third-order valence-corrected chi connectivity index (χ3v) is 22.9. The summed E-state index contributed by atoms with van der Waals surface area (Å²) in [4.78, 5) is 12.5. The molecule has 4 aliphatic heterocycles. The minimum atomic E-state index is -0.275. The van der Waals surface area contributed by atoms with Crippen molar-refractivity contribution in [3.8, 4) is 44.9 Å². The molecule has 0 aliphatic carbocycles. The molecule has 530 valence electrons. The Morgan fingerprint density at radius 2 is 0.609 bits per heavy atom. The normalized spacial score (nSPS) is 13.1. The molecular weight excluding hydrogens is 1330 g/mol. The van der Waals surface area contributed by atoms with Crippen LogP contribution in [0.4, 0.5) is 85.3 Å². The van der Waals surface area contributed by atoms with Gasteiger partial charge in [-0.15, -0.1) is 0 Å². The maximum absolute atomic E-state index is 8.14. The molecule has 0 fully saturated rings. The van der Waals surface area contributed by atoms with Crippen LogP contribution in [0, 0.1) is 0 Å². The first-order chi connectivity index (χ1) is 53.5. The molecule has 0 radical (unpaired) electrons. The molecule has 15 aromatic carbocycles. The van der Waals surface area contributed by atoms with Crippen molar-refractivity contribution in [1.82, 2.24) is 0 Å². The van der Waals surface area contributed by atoms with Gasteiger partial charge in [-0.25, -0.2) is 0 Å². The van der Waals surface area contributed by atoms with Crippen molar-refractivity contribution in [2.75, 3.05) is 24.5 Å². The topological polar surface area (TPSA) is 25.4 Å². The van der Waals surface area contributed by atoms with Crippen molar-refractivity contribution in [2.24, 2.45) is 0 Å². The average molecular weight is 1420 g/mol. The van der Waals surface area contributed by atoms with Crippen LogP contribution in [0.15, 0.2) is 352 Å². The van der Waals surface area contributed by atoms with Gasteiger partial charge in [0, 0.05) is 85.7 Å². The first-order valence-corrected chi connectivity index (χ1v) is 38.7. The van der Waals surface area contributed by atoms with Crippen LogP contribution >= 0.6 is 0 Å². The van der Waals surface area contributed by atoms with E-state index in [9.17, 15) is 0 Å². The van der Waals surface area contributed by atoms with Gasteiger partial charge in [0.25, 0.3) is 13.4 Å². The maximum atomic E-state index is 8.14. The second-order valence-corrected chi connectivity index (χ2v) is 32.9. The van der Waals surface area contributed by atoms with Crippen LogP contribution in [0.1, 0.15) is 79.0 Å². The molecule has 6 nitrogen and oxygen atoms in total. The molecule has 0 unspecified atom stereocenters. The van der Waals surface area contributed by atoms with E-state index in [1.165, 1.54) is 38.5 Å². The lowest BCUT2D eigenvalue weighted by molar-refractivity contribution is 0.488. The lowest BCUT2D eigenvalue weighted by Gasteiger charge is -2.46. The van der Waals surface area contributed by atoms with Gasteiger partial charge >= 0.3 is 0 Å². The average Bonchev–Trinajstić information content (AvgIpc) is 0.688. The fourth-order valence-corrected chi connectivity index (χ4v) is 17.5. The monoisotopic (exact) mass is 1420 g/mol. The minimum absolute atomic E-state index is 0.00847. The van der Waals surface area contributed by atoms with Crippen LogP contribution in [0.5, 0.6) is 11.5 Å². The lowest BCUT2D eigenvalue weighted by atomic mass is 9.30. The predicted molar refractivity (Wildman–Crippen MR) is 468 cm³/mol. The highest BCUT2D eigenvalue weighted by molar-refractivity contribution is 7.02. The summed E-state index contributed by atoms with van der Waals surface area (Å²) in [5.41, 5.74) is 33.6. The van der Waals surface area contributed by atoms with E-state index in [-0.39, 0.29) is 29.7 Å². The Balaban J connectivity index is 0.900. The van der Waals surface area contributed by atoms with Crippen molar-refractivity contribution in [3.63, 3.8) is 0 Å². The van der Waals surface area contributed by atoms with E-state index in [0.717, 1.165) is 141 Å². The first kappa shape index (κ1) is 67.8. The Labute approximate surface area is 648 Å². The number of rotatable bonds is 12. The number of ether oxygens (including phenoxy) is 1. The van der Waals surface area contributed by atoms with Gasteiger partial charge in [-0.2, -0.15) is 0 Å². The molecule has 0 spiro atoms. The molecular formula is C102H85B2N5O. The van der Waals surface area contributed by atoms with Crippen molar-refractivity contribution < 1.29 is 4.74 Å². The van der Waals surface area contributed by atoms with Gasteiger partial charge in [-0.1, -0.05) is 305 Å². The summed E-state index contributed by atoms with van der Waals surface area (Å²) in [7, 11) is 0. The standard InChI is InChI=1S/C102H85B2N5O/c1-100(2,3)71-56-50-68(51-57-71)80-40-22-27-45-87(80)106(76-36-18-12-19-37-76)79-64-95-99-97(65-79)110-96-67-92-85(66-86(96)104(99)84-44-26-31-49-91(84)108(95)88-46-28-23-41-81(88)69-52-58-72(59-53-69)101(4,5)6)103-83-43-25-30-48-90(83)107(77-38-20-13-21-39-77)93-62-78(105(74-32-14-10-15-33-74)75-34-16-11-17-35-75)63-94(98(93)103)109(92)89-47-29-24-42-82(89)70-54-60-73(61-55-70)102(7,8)9/h10-67H,1-9H3. The molecule has 0 atom stereocenters. The Kier molecular flexibility index (Phi) is 16.4. The highest BCUT2D eigenvalue weighted by atomic mass is 16.5. The second kappa shape index (κ2) is 26.6. The molecule has 0 bridgehead atoms. The quantitative estimate of drug-likeness (QED) is 0.113. The van der Waals surface area contributed by atoms with Crippen LogP contribution in [0.2, 0.25) is 0 Å². The molecule has 15 aromatic rings. The molecule has 0 aromatic heterocycles. The summed E-state index contributed by atoms with van der Waals surface area (Å²) in [5.74, 6) is 1.60. The number of hydrogen-bond acceptors (Lipinski definition) is 6. The van der Waals surface area contributed by atoms with Crippen molar-refractivity contribution in [3.05, 3.63) is 369 Å². The number of nitrogens with zero attached hydrogens (tertiary/aromatic N) is 5. The number of benzene rings is 15. The van der Waals surface area contributed by atoms with Gasteiger partial charge in [0.1, 0.15) is 11.5 Å². The number of fused-ring (bicyclic) bond motifs is 8. The molecule has 0 saturated heterocycles. The Morgan fingerprint density at radius 3 is 1.10 bits per heavy atom. The van der Waals surface area contributed by atoms with E-state index >= 15 is 0 Å². The zero-order chi connectivity index (χ0) is 74.7. The van der Waals surface area contributed by atoms with E-state index in [4.69, 9.17) is 4.74 Å². The Morgan fingerprint density at radius 1 is 0.245 bits per heavy atom. The van der Waals surface area contributed by atoms with Gasteiger partial charge in [-0.3, -0.25) is 0 Å². The summed E-state index contributed by atoms with van der Waals surface area (Å²) >= 11 is 0. The summed E-state index contributed by atoms with van der Waals surface area (Å²) in [6.45, 7) is 20.1. The van der Waals surface area contributed by atoms with E-state index in [0.29, 0.717) is 0 Å². The van der Waals surface area contributed by atoms with Crippen molar-refractivity contribution >= 4 is 132 Å². The zero-order valence-electron chi connectivity index (χ0n) is 63.8. The zero-order valence-corrected chi connectivity index (χ0v) is 63.8. The number of para-hydroxylation sites is 9. The van der Waals surface area contributed by atoms with E-state index < -0.39 is 0 Å². The molecule has 8 heteroatoms. The van der Waals surface area contributed by atoms with Gasteiger partial charge in [0.2, 0.25) is 0 Å². The second-order valence-electron chi connectivity index (χ2n) is 32.9. The number of hydrogen-bond donors (Lipinski definition) is 0. The summed E-state index contributed by atoms with van der Waals surface area (Å²) < 4.78 is 8.14. The molecule has 0 saturated carbocycles. The summed E-state index contributed by atoms with van der Waals surface area (Å²) in [6.07, 6.45) is 0. The minimum Gasteiger partial charge on any atom is -0.458 e. The van der Waals surface area contributed by atoms with Crippen LogP contribution in [0.25, 0.3) is 33.4 Å². The molecule has 4 heterocycles. The van der Waals surface area contributed by atoms with Gasteiger partial charge in [0.15, 0.2) is 0 Å². The van der Waals surface area contributed by atoms with Crippen molar-refractivity contribution in [1.29, 1.82) is 0 Å². The third kappa shape index (κ3) is 11.6. The Hall–Kier alpha value is -12.8. The number of anilines is 15. The molecule has 0 N–H and O–H groups in total. The Bertz CT molecular complexity index is 5990. The predicted octanol–water partition coefficient (Wildman–Crippen LogP) is 24.0. The van der Waals surface area contributed by atoms with E-state index in [1.807, 2.05) is 0 Å². The van der Waals surface area contributed by atoms with Gasteiger partial charge in [-0.05, 0) is 179 Å². The van der Waals surface area contributed by atoms with Crippen LogP contribution in [-0.4, -0.2) is 13.4 Å². The van der Waals surface area contributed by atoms with E-state index in [1.54, 1.807) is 0 Å². The fraction of sp³-hybridized carbons (Fsp3) is 0.118. The molecule has 4 aliphatic rings. The smallest absolute Gasteiger partial charge is 0.256 e. The molecule has 0 amide bonds. The third-order valence-electron chi connectivity index (χ3n) is 22.9. The first-order valence-electron chi connectivity index (χ1n) is 38.7. The van der Waals surface area contributed by atoms with Crippen LogP contribution in [-0.2, 0) is 16.2 Å². The largest absolute Gasteiger partial charge is 0.458 e. The van der Waals surface area contributed by atoms with Crippen LogP contribution in [0.3, 0.4) is 0 Å².